The van der Waals surface area contributed by atoms with Gasteiger partial charge in [0.15, 0.2) is 0 Å². The maximum Gasteiger partial charge on any atom is 0.0728 e. The van der Waals surface area contributed by atoms with Gasteiger partial charge >= 0.3 is 0 Å². The highest BCUT2D eigenvalue weighted by molar-refractivity contribution is 7.61. The molecular formula is C28H54N2P2Si. The predicted molar refractivity (Wildman–Crippen MR) is 158 cm³/mol. The monoisotopic (exact) mass is 508 g/mol. The number of rotatable bonds is 6. The lowest BCUT2D eigenvalue weighted by atomic mass is 9.69. The van der Waals surface area contributed by atoms with E-state index in [0.717, 1.165) is 11.8 Å². The van der Waals surface area contributed by atoms with Crippen molar-refractivity contribution in [1.29, 1.82) is 0 Å². The molecule has 2 fully saturated rings. The van der Waals surface area contributed by atoms with E-state index in [9.17, 15) is 0 Å². The standard InChI is InChI=1S/C28H54N2P2Si/c1-26(2,3)32(27(4,5)6)20-21-16-24(33(7,8)9)17-25(21)28(31,22-12-10-14-29-18-22)23-13-11-15-30-19-23/h16,22-23,29-30H,10-15,17-20,31H2,1-9H3. The first-order valence-electron chi connectivity index (χ1n) is 13.6. The van der Waals surface area contributed by atoms with Crippen LogP contribution in [0.1, 0.15) is 73.6 Å². The number of hydrogen-bond donors (Lipinski definition) is 2. The van der Waals surface area contributed by atoms with Crippen LogP contribution in [-0.2, 0) is 0 Å². The maximum absolute atomic E-state index is 3.79. The largest absolute Gasteiger partial charge is 0.316 e. The number of nitrogens with one attached hydrogen (secondary N) is 2. The molecule has 2 heterocycles. The molecule has 0 aromatic rings. The minimum absolute atomic E-state index is 0.145. The summed E-state index contributed by atoms with van der Waals surface area (Å²) in [4.78, 5) is 0. The summed E-state index contributed by atoms with van der Waals surface area (Å²) >= 11 is 0. The van der Waals surface area contributed by atoms with Gasteiger partial charge in [0.2, 0.25) is 0 Å². The van der Waals surface area contributed by atoms with Crippen LogP contribution < -0.4 is 10.6 Å². The highest BCUT2D eigenvalue weighted by atomic mass is 31.1. The van der Waals surface area contributed by atoms with Gasteiger partial charge in [0.25, 0.3) is 0 Å². The Hall–Kier alpha value is 0.477. The lowest BCUT2D eigenvalue weighted by Gasteiger charge is -2.49. The summed E-state index contributed by atoms with van der Waals surface area (Å²) in [5, 5.41) is 10.3. The summed E-state index contributed by atoms with van der Waals surface area (Å²) in [5.74, 6) is 1.46. The minimum Gasteiger partial charge on any atom is -0.316 e. The van der Waals surface area contributed by atoms with Gasteiger partial charge in [0, 0.05) is 5.16 Å². The number of allylic oxidation sites excluding steroid dienone is 4. The molecule has 3 rings (SSSR count). The molecule has 5 heteroatoms. The van der Waals surface area contributed by atoms with Crippen molar-refractivity contribution in [2.24, 2.45) is 11.8 Å². The lowest BCUT2D eigenvalue weighted by Crippen LogP contribution is -2.52. The van der Waals surface area contributed by atoms with Crippen molar-refractivity contribution in [3.63, 3.8) is 0 Å². The molecule has 190 valence electrons. The SMILES string of the molecule is CC(C)(C)P(CC1=C(C(P)(C2CCCNC2)C2CCCNC2)CC([Si](C)(C)C)=C1)C(C)(C)C. The summed E-state index contributed by atoms with van der Waals surface area (Å²) in [5.41, 5.74) is 3.57. The zero-order chi connectivity index (χ0) is 24.7. The van der Waals surface area contributed by atoms with Crippen LogP contribution in [0.25, 0.3) is 0 Å². The van der Waals surface area contributed by atoms with Gasteiger partial charge in [0.05, 0.1) is 8.07 Å². The average Bonchev–Trinajstić information content (AvgIpc) is 3.16. The quantitative estimate of drug-likeness (QED) is 0.293. The molecule has 1 aliphatic carbocycles. The van der Waals surface area contributed by atoms with E-state index in [1.807, 2.05) is 5.57 Å². The molecule has 0 saturated carbocycles. The summed E-state index contributed by atoms with van der Waals surface area (Å²) in [6, 6.07) is 0. The number of hydrogen-bond acceptors (Lipinski definition) is 2. The van der Waals surface area contributed by atoms with E-state index in [-0.39, 0.29) is 13.1 Å². The topological polar surface area (TPSA) is 24.1 Å². The Labute approximate surface area is 211 Å². The second-order valence-electron chi connectivity index (χ2n) is 14.0. The fraction of sp³-hybridized carbons (Fsp3) is 0.857. The first-order valence-corrected chi connectivity index (χ1v) is 19.2. The molecule has 3 aliphatic rings. The van der Waals surface area contributed by atoms with Gasteiger partial charge in [-0.25, -0.2) is 0 Å². The van der Waals surface area contributed by atoms with E-state index in [4.69, 9.17) is 0 Å². The van der Waals surface area contributed by atoms with Crippen molar-refractivity contribution in [2.45, 2.75) is 109 Å². The molecule has 0 radical (unpaired) electrons. The summed E-state index contributed by atoms with van der Waals surface area (Å²) in [6.45, 7) is 27.4. The Morgan fingerprint density at radius 2 is 1.39 bits per heavy atom. The summed E-state index contributed by atoms with van der Waals surface area (Å²) in [7, 11) is 2.06. The van der Waals surface area contributed by atoms with E-state index in [1.165, 1.54) is 64.4 Å². The normalized spacial score (nSPS) is 27.7. The van der Waals surface area contributed by atoms with Crippen LogP contribution in [0.3, 0.4) is 0 Å². The van der Waals surface area contributed by atoms with Crippen LogP contribution in [0.5, 0.6) is 0 Å². The Bertz CT molecular complexity index is 707. The van der Waals surface area contributed by atoms with Crippen molar-refractivity contribution in [3.8, 4) is 0 Å². The van der Waals surface area contributed by atoms with Gasteiger partial charge < -0.3 is 10.6 Å². The molecule has 3 unspecified atom stereocenters. The van der Waals surface area contributed by atoms with Crippen LogP contribution in [0.2, 0.25) is 19.6 Å². The first kappa shape index (κ1) is 28.1. The van der Waals surface area contributed by atoms with E-state index < -0.39 is 8.07 Å². The molecule has 0 bridgehead atoms. The fourth-order valence-corrected chi connectivity index (χ4v) is 12.5. The summed E-state index contributed by atoms with van der Waals surface area (Å²) < 4.78 is 0. The van der Waals surface area contributed by atoms with Gasteiger partial charge in [-0.15, -0.1) is 9.24 Å². The molecule has 2 aliphatic heterocycles. The van der Waals surface area contributed by atoms with Crippen molar-refractivity contribution in [1.82, 2.24) is 10.6 Å². The molecule has 3 atom stereocenters. The third kappa shape index (κ3) is 6.43. The molecule has 0 aromatic heterocycles. The van der Waals surface area contributed by atoms with E-state index in [1.54, 1.807) is 10.8 Å². The molecule has 2 saturated heterocycles. The van der Waals surface area contributed by atoms with Crippen LogP contribution in [0.4, 0.5) is 0 Å². The average molecular weight is 509 g/mol. The highest BCUT2D eigenvalue weighted by Crippen LogP contribution is 2.62. The third-order valence-electron chi connectivity index (χ3n) is 8.48. The van der Waals surface area contributed by atoms with Crippen molar-refractivity contribution < 1.29 is 0 Å². The zero-order valence-electron chi connectivity index (χ0n) is 23.3. The minimum atomic E-state index is -1.34. The molecule has 0 amide bonds. The number of piperidine rings is 2. The second kappa shape index (κ2) is 10.5. The van der Waals surface area contributed by atoms with Gasteiger partial charge in [-0.2, -0.15) is 0 Å². The Morgan fingerprint density at radius 1 is 0.909 bits per heavy atom. The van der Waals surface area contributed by atoms with Crippen molar-refractivity contribution in [2.75, 3.05) is 32.3 Å². The maximum atomic E-state index is 3.79. The lowest BCUT2D eigenvalue weighted by molar-refractivity contribution is 0.217. The van der Waals surface area contributed by atoms with Crippen molar-refractivity contribution >= 4 is 25.2 Å². The van der Waals surface area contributed by atoms with Gasteiger partial charge in [-0.3, -0.25) is 0 Å². The van der Waals surface area contributed by atoms with Gasteiger partial charge in [-0.1, -0.05) is 86.0 Å². The first-order chi connectivity index (χ1) is 15.1. The van der Waals surface area contributed by atoms with Gasteiger partial charge in [-0.05, 0) is 92.2 Å². The fourth-order valence-electron chi connectivity index (χ4n) is 6.70. The molecular weight excluding hydrogens is 454 g/mol. The molecule has 2 N–H and O–H groups in total. The van der Waals surface area contributed by atoms with Crippen LogP contribution in [0.15, 0.2) is 22.4 Å². The zero-order valence-corrected chi connectivity index (χ0v) is 26.4. The second-order valence-corrected chi connectivity index (χ2v) is 24.0. The van der Waals surface area contributed by atoms with E-state index in [0.29, 0.717) is 10.3 Å². The Kier molecular flexibility index (Phi) is 8.89. The summed E-state index contributed by atoms with van der Waals surface area (Å²) in [6.07, 6.45) is 10.7. The smallest absolute Gasteiger partial charge is 0.0728 e. The van der Waals surface area contributed by atoms with Crippen LogP contribution in [0, 0.1) is 11.8 Å². The predicted octanol–water partition coefficient (Wildman–Crippen LogP) is 7.18. The van der Waals surface area contributed by atoms with Gasteiger partial charge in [0.1, 0.15) is 0 Å². The Balaban J connectivity index is 2.11. The van der Waals surface area contributed by atoms with Crippen molar-refractivity contribution in [3.05, 3.63) is 22.4 Å². The molecule has 2 nitrogen and oxygen atoms in total. The van der Waals surface area contributed by atoms with E-state index in [2.05, 4.69) is 87.1 Å². The van der Waals surface area contributed by atoms with E-state index >= 15 is 0 Å². The third-order valence-corrected chi connectivity index (χ3v) is 15.9. The van der Waals surface area contributed by atoms with Crippen LogP contribution >= 0.6 is 17.2 Å². The molecule has 33 heavy (non-hydrogen) atoms. The molecule has 0 spiro atoms. The molecule has 0 aromatic carbocycles. The van der Waals surface area contributed by atoms with Crippen LogP contribution in [-0.4, -0.2) is 55.9 Å². The Morgan fingerprint density at radius 3 is 1.76 bits per heavy atom. The highest BCUT2D eigenvalue weighted by Gasteiger charge is 2.48.